The lowest BCUT2D eigenvalue weighted by Crippen LogP contribution is -2.57. The number of aliphatic carboxylic acids is 3. The summed E-state index contributed by atoms with van der Waals surface area (Å²) < 4.78 is 0. The number of phenols is 2. The van der Waals surface area contributed by atoms with Crippen molar-refractivity contribution in [3.63, 3.8) is 0 Å². The number of benzene rings is 2. The molecule has 2 rings (SSSR count). The van der Waals surface area contributed by atoms with Gasteiger partial charge in [-0.25, -0.2) is 4.79 Å². The van der Waals surface area contributed by atoms with Gasteiger partial charge in [-0.05, 0) is 54.7 Å². The van der Waals surface area contributed by atoms with Crippen LogP contribution < -0.4 is 21.7 Å². The number of hydrogen-bond acceptors (Lipinski definition) is 9. The fraction of sp³-hybridized carbons (Fsp3) is 0.357. The van der Waals surface area contributed by atoms with Crippen LogP contribution in [-0.4, -0.2) is 85.3 Å². The first-order valence-corrected chi connectivity index (χ1v) is 13.1. The van der Waals surface area contributed by atoms with E-state index in [1.807, 2.05) is 0 Å². The van der Waals surface area contributed by atoms with Crippen molar-refractivity contribution in [1.82, 2.24) is 16.0 Å². The monoisotopic (exact) mass is 602 g/mol. The zero-order valence-corrected chi connectivity index (χ0v) is 22.9. The van der Waals surface area contributed by atoms with Gasteiger partial charge < -0.3 is 47.2 Å². The van der Waals surface area contributed by atoms with Crippen LogP contribution in [0, 0.1) is 0 Å². The fourth-order valence-corrected chi connectivity index (χ4v) is 3.94. The minimum Gasteiger partial charge on any atom is -0.508 e. The largest absolute Gasteiger partial charge is 0.508 e. The maximum Gasteiger partial charge on any atom is 0.326 e. The van der Waals surface area contributed by atoms with Crippen LogP contribution in [0.15, 0.2) is 48.5 Å². The van der Waals surface area contributed by atoms with Crippen LogP contribution in [0.5, 0.6) is 11.5 Å². The van der Waals surface area contributed by atoms with Gasteiger partial charge in [-0.2, -0.15) is 0 Å². The highest BCUT2D eigenvalue weighted by molar-refractivity contribution is 5.94. The molecule has 0 saturated heterocycles. The number of carbonyl (C=O) groups is 6. The van der Waals surface area contributed by atoms with Gasteiger partial charge in [0.25, 0.3) is 0 Å². The molecule has 0 aromatic heterocycles. The molecule has 15 heteroatoms. The molecule has 4 unspecified atom stereocenters. The topological polar surface area (TPSA) is 266 Å². The molecule has 0 spiro atoms. The lowest BCUT2D eigenvalue weighted by Gasteiger charge is -2.25. The molecule has 2 aromatic rings. The van der Waals surface area contributed by atoms with Crippen molar-refractivity contribution in [2.45, 2.75) is 62.7 Å². The van der Waals surface area contributed by atoms with Gasteiger partial charge in [0.05, 0.1) is 6.04 Å². The number of carboxylic acids is 3. The molecule has 0 heterocycles. The Morgan fingerprint density at radius 3 is 1.44 bits per heavy atom. The lowest BCUT2D eigenvalue weighted by molar-refractivity contribution is -0.144. The third-order valence-electron chi connectivity index (χ3n) is 6.28. The Balaban J connectivity index is 2.25. The highest BCUT2D eigenvalue weighted by atomic mass is 16.4. The van der Waals surface area contributed by atoms with E-state index in [4.69, 9.17) is 15.9 Å². The van der Waals surface area contributed by atoms with Crippen molar-refractivity contribution in [1.29, 1.82) is 0 Å². The van der Waals surface area contributed by atoms with E-state index >= 15 is 0 Å². The average Bonchev–Trinajstić information content (AvgIpc) is 2.94. The fourth-order valence-electron chi connectivity index (χ4n) is 3.94. The maximum atomic E-state index is 13.4. The summed E-state index contributed by atoms with van der Waals surface area (Å²) in [5, 5.41) is 53.4. The average molecular weight is 603 g/mol. The van der Waals surface area contributed by atoms with Gasteiger partial charge in [0.15, 0.2) is 0 Å². The number of amides is 3. The third-order valence-corrected chi connectivity index (χ3v) is 6.28. The van der Waals surface area contributed by atoms with Crippen molar-refractivity contribution < 1.29 is 54.3 Å². The van der Waals surface area contributed by atoms with E-state index in [2.05, 4.69) is 16.0 Å². The predicted molar refractivity (Wildman–Crippen MR) is 149 cm³/mol. The Morgan fingerprint density at radius 2 is 0.977 bits per heavy atom. The van der Waals surface area contributed by atoms with Gasteiger partial charge >= 0.3 is 17.9 Å². The maximum absolute atomic E-state index is 13.4. The lowest BCUT2D eigenvalue weighted by atomic mass is 10.0. The van der Waals surface area contributed by atoms with Gasteiger partial charge in [0, 0.05) is 19.3 Å². The summed E-state index contributed by atoms with van der Waals surface area (Å²) in [7, 11) is 0. The van der Waals surface area contributed by atoms with Gasteiger partial charge in [0.1, 0.15) is 29.6 Å². The first-order chi connectivity index (χ1) is 20.2. The van der Waals surface area contributed by atoms with Crippen LogP contribution in [0.4, 0.5) is 0 Å². The van der Waals surface area contributed by atoms with Crippen molar-refractivity contribution >= 4 is 35.6 Å². The zero-order valence-electron chi connectivity index (χ0n) is 22.9. The molecule has 0 radical (unpaired) electrons. The summed E-state index contributed by atoms with van der Waals surface area (Å²) in [5.41, 5.74) is 7.17. The van der Waals surface area contributed by atoms with E-state index in [0.717, 1.165) is 0 Å². The number of hydrogen-bond donors (Lipinski definition) is 9. The molecule has 4 atom stereocenters. The molecule has 0 bridgehead atoms. The molecule has 0 aliphatic rings. The highest BCUT2D eigenvalue weighted by Crippen LogP contribution is 2.14. The SMILES string of the molecule is NC(Cc1ccc(O)cc1)C(=O)NC(Cc1ccc(O)cc1)C(=O)NC(CCC(=O)O)C(=O)NC(CCC(=O)O)C(=O)O. The van der Waals surface area contributed by atoms with Crippen molar-refractivity contribution in [3.05, 3.63) is 59.7 Å². The Morgan fingerprint density at radius 1 is 0.581 bits per heavy atom. The number of phenolic OH excluding ortho intramolecular Hbond substituents is 2. The molecule has 0 aliphatic heterocycles. The summed E-state index contributed by atoms with van der Waals surface area (Å²) in [6.07, 6.45) is -2.15. The van der Waals surface area contributed by atoms with Gasteiger partial charge in [0.2, 0.25) is 17.7 Å². The molecular formula is C28H34N4O11. The number of carbonyl (C=O) groups excluding carboxylic acids is 3. The van der Waals surface area contributed by atoms with E-state index in [1.165, 1.54) is 36.4 Å². The van der Waals surface area contributed by atoms with E-state index in [0.29, 0.717) is 11.1 Å². The normalized spacial score (nSPS) is 13.5. The number of nitrogens with one attached hydrogen (secondary N) is 3. The molecule has 43 heavy (non-hydrogen) atoms. The Kier molecular flexibility index (Phi) is 12.9. The third kappa shape index (κ3) is 12.1. The van der Waals surface area contributed by atoms with E-state index in [9.17, 15) is 44.1 Å². The van der Waals surface area contributed by atoms with Crippen molar-refractivity contribution in [3.8, 4) is 11.5 Å². The first-order valence-electron chi connectivity index (χ1n) is 13.1. The molecule has 0 fully saturated rings. The first kappa shape index (κ1) is 34.0. The summed E-state index contributed by atoms with van der Waals surface area (Å²) in [5.74, 6) is -6.88. The van der Waals surface area contributed by atoms with Crippen LogP contribution >= 0.6 is 0 Å². The molecule has 10 N–H and O–H groups in total. The standard InChI is InChI=1S/C28H34N4O11/c29-19(13-15-1-5-17(33)6-2-15)25(39)32-22(14-16-3-7-18(34)8-4-16)27(41)30-20(9-11-23(35)36)26(40)31-21(28(42)43)10-12-24(37)38/h1-8,19-22,33-34H,9-14,29H2,(H,30,41)(H,31,40)(H,32,39)(H,35,36)(H,37,38)(H,42,43). The number of carboxylic acid groups (broad SMARTS) is 3. The summed E-state index contributed by atoms with van der Waals surface area (Å²) in [4.78, 5) is 72.9. The smallest absolute Gasteiger partial charge is 0.326 e. The second kappa shape index (κ2) is 16.3. The van der Waals surface area contributed by atoms with Crippen LogP contribution in [-0.2, 0) is 41.6 Å². The minimum atomic E-state index is -1.63. The van der Waals surface area contributed by atoms with Gasteiger partial charge in [-0.1, -0.05) is 24.3 Å². The zero-order chi connectivity index (χ0) is 32.1. The molecule has 2 aromatic carbocycles. The van der Waals surface area contributed by atoms with Crippen LogP contribution in [0.3, 0.4) is 0 Å². The Labute approximate surface area is 245 Å². The van der Waals surface area contributed by atoms with Crippen molar-refractivity contribution in [2.24, 2.45) is 5.73 Å². The van der Waals surface area contributed by atoms with Crippen LogP contribution in [0.25, 0.3) is 0 Å². The van der Waals surface area contributed by atoms with E-state index < -0.39 is 85.5 Å². The summed E-state index contributed by atoms with van der Waals surface area (Å²) >= 11 is 0. The molecule has 0 saturated carbocycles. The molecule has 232 valence electrons. The van der Waals surface area contributed by atoms with Gasteiger partial charge in [-0.3, -0.25) is 24.0 Å². The van der Waals surface area contributed by atoms with E-state index in [-0.39, 0.29) is 24.3 Å². The quantitative estimate of drug-likeness (QED) is 0.111. The second-order valence-electron chi connectivity index (χ2n) is 9.73. The molecule has 15 nitrogen and oxygen atoms in total. The van der Waals surface area contributed by atoms with Crippen LogP contribution in [0.1, 0.15) is 36.8 Å². The Hall–Kier alpha value is -5.18. The summed E-state index contributed by atoms with van der Waals surface area (Å²) in [6.45, 7) is 0. The second-order valence-corrected chi connectivity index (χ2v) is 9.73. The van der Waals surface area contributed by atoms with Crippen molar-refractivity contribution in [2.75, 3.05) is 0 Å². The van der Waals surface area contributed by atoms with E-state index in [1.54, 1.807) is 12.1 Å². The molecule has 0 aliphatic carbocycles. The van der Waals surface area contributed by atoms with Gasteiger partial charge in [-0.15, -0.1) is 0 Å². The van der Waals surface area contributed by atoms with Crippen LogP contribution in [0.2, 0.25) is 0 Å². The minimum absolute atomic E-state index is 0.0189. The predicted octanol–water partition coefficient (Wildman–Crippen LogP) is -0.521. The highest BCUT2D eigenvalue weighted by Gasteiger charge is 2.31. The number of aromatic hydroxyl groups is 2. The Bertz CT molecular complexity index is 1300. The molecular weight excluding hydrogens is 568 g/mol. The number of rotatable bonds is 17. The number of nitrogens with two attached hydrogens (primary N) is 1. The summed E-state index contributed by atoms with van der Waals surface area (Å²) in [6, 6.07) is 6.01. The molecule has 3 amide bonds.